The number of anilines is 1. The number of amides is 1. The summed E-state index contributed by atoms with van der Waals surface area (Å²) in [6.07, 6.45) is 3.19. The van der Waals surface area contributed by atoms with Crippen molar-refractivity contribution in [2.24, 2.45) is 5.92 Å². The quantitative estimate of drug-likeness (QED) is 0.857. The molecule has 1 aromatic carbocycles. The summed E-state index contributed by atoms with van der Waals surface area (Å²) < 4.78 is 10.3. The topological polar surface area (TPSA) is 88.4 Å². The van der Waals surface area contributed by atoms with Crippen LogP contribution in [0.25, 0.3) is 0 Å². The molecule has 24 heavy (non-hydrogen) atoms. The molecule has 0 radical (unpaired) electrons. The van der Waals surface area contributed by atoms with Gasteiger partial charge in [-0.2, -0.15) is 5.26 Å². The van der Waals surface area contributed by atoms with Gasteiger partial charge in [0.05, 0.1) is 31.4 Å². The number of esters is 1. The second-order valence-corrected chi connectivity index (χ2v) is 6.00. The summed E-state index contributed by atoms with van der Waals surface area (Å²) in [4.78, 5) is 22.9. The Bertz CT molecular complexity index is 670. The number of carbonyl (C=O) groups is 2. The van der Waals surface area contributed by atoms with Gasteiger partial charge in [-0.05, 0) is 43.2 Å². The SMILES string of the molecule is COc1cc(NC(C)=O)c(C#N)cc1[C@H]1CC[C@H](C(=O)OC)CC1. The van der Waals surface area contributed by atoms with E-state index in [9.17, 15) is 14.9 Å². The van der Waals surface area contributed by atoms with E-state index in [0.29, 0.717) is 17.0 Å². The number of ether oxygens (including phenoxy) is 2. The Kier molecular flexibility index (Phi) is 5.80. The molecule has 0 heterocycles. The van der Waals surface area contributed by atoms with Crippen LogP contribution >= 0.6 is 0 Å². The van der Waals surface area contributed by atoms with E-state index in [1.54, 1.807) is 19.2 Å². The summed E-state index contributed by atoms with van der Waals surface area (Å²) in [5.74, 6) is 0.434. The number of nitrogens with one attached hydrogen (secondary N) is 1. The lowest BCUT2D eigenvalue weighted by atomic mass is 9.78. The van der Waals surface area contributed by atoms with Crippen LogP contribution in [0.15, 0.2) is 12.1 Å². The van der Waals surface area contributed by atoms with Gasteiger partial charge in [0.1, 0.15) is 11.8 Å². The highest BCUT2D eigenvalue weighted by atomic mass is 16.5. The van der Waals surface area contributed by atoms with Crippen LogP contribution in [-0.2, 0) is 14.3 Å². The molecule has 128 valence electrons. The van der Waals surface area contributed by atoms with Crippen molar-refractivity contribution in [2.45, 2.75) is 38.5 Å². The molecule has 2 rings (SSSR count). The molecule has 0 aromatic heterocycles. The first-order valence-electron chi connectivity index (χ1n) is 7.97. The maximum absolute atomic E-state index is 11.7. The van der Waals surface area contributed by atoms with E-state index in [-0.39, 0.29) is 23.7 Å². The Labute approximate surface area is 141 Å². The minimum absolute atomic E-state index is 0.0497. The van der Waals surface area contributed by atoms with E-state index < -0.39 is 0 Å². The summed E-state index contributed by atoms with van der Waals surface area (Å²) in [5, 5.41) is 12.0. The normalized spacial score (nSPS) is 19.9. The predicted molar refractivity (Wildman–Crippen MR) is 88.7 cm³/mol. The van der Waals surface area contributed by atoms with Gasteiger partial charge in [-0.15, -0.1) is 0 Å². The first kappa shape index (κ1) is 17.8. The smallest absolute Gasteiger partial charge is 0.308 e. The zero-order valence-corrected chi connectivity index (χ0v) is 14.2. The van der Waals surface area contributed by atoms with E-state index in [1.807, 2.05) is 0 Å². The number of hydrogen-bond acceptors (Lipinski definition) is 5. The highest BCUT2D eigenvalue weighted by Crippen LogP contribution is 2.41. The van der Waals surface area contributed by atoms with Gasteiger partial charge in [-0.1, -0.05) is 0 Å². The predicted octanol–water partition coefficient (Wildman–Crippen LogP) is 2.97. The van der Waals surface area contributed by atoms with Crippen LogP contribution in [0.2, 0.25) is 0 Å². The van der Waals surface area contributed by atoms with Crippen molar-refractivity contribution in [3.63, 3.8) is 0 Å². The van der Waals surface area contributed by atoms with Gasteiger partial charge in [0.25, 0.3) is 0 Å². The van der Waals surface area contributed by atoms with Gasteiger partial charge in [0, 0.05) is 13.0 Å². The number of methoxy groups -OCH3 is 2. The van der Waals surface area contributed by atoms with Crippen LogP contribution in [0.5, 0.6) is 5.75 Å². The number of rotatable bonds is 4. The Morgan fingerprint density at radius 3 is 2.38 bits per heavy atom. The fourth-order valence-corrected chi connectivity index (χ4v) is 3.28. The summed E-state index contributed by atoms with van der Waals surface area (Å²) in [6.45, 7) is 1.40. The monoisotopic (exact) mass is 330 g/mol. The number of nitrogens with zero attached hydrogens (tertiary/aromatic N) is 1. The fraction of sp³-hybridized carbons (Fsp3) is 0.500. The van der Waals surface area contributed by atoms with Gasteiger partial charge in [0.15, 0.2) is 0 Å². The third kappa shape index (κ3) is 3.85. The molecule has 0 bridgehead atoms. The van der Waals surface area contributed by atoms with E-state index in [1.165, 1.54) is 14.0 Å². The first-order chi connectivity index (χ1) is 11.5. The lowest BCUT2D eigenvalue weighted by Gasteiger charge is -2.28. The molecule has 0 spiro atoms. The van der Waals surface area contributed by atoms with E-state index >= 15 is 0 Å². The highest BCUT2D eigenvalue weighted by molar-refractivity contribution is 5.90. The van der Waals surface area contributed by atoms with Crippen molar-refractivity contribution in [2.75, 3.05) is 19.5 Å². The van der Waals surface area contributed by atoms with Gasteiger partial charge in [0.2, 0.25) is 5.91 Å². The van der Waals surface area contributed by atoms with Crippen LogP contribution < -0.4 is 10.1 Å². The van der Waals surface area contributed by atoms with Crippen molar-refractivity contribution in [1.82, 2.24) is 0 Å². The van der Waals surface area contributed by atoms with Crippen LogP contribution in [0, 0.1) is 17.2 Å². The largest absolute Gasteiger partial charge is 0.496 e. The average molecular weight is 330 g/mol. The average Bonchev–Trinajstić information content (AvgIpc) is 2.60. The van der Waals surface area contributed by atoms with Crippen molar-refractivity contribution in [1.29, 1.82) is 5.26 Å². The highest BCUT2D eigenvalue weighted by Gasteiger charge is 2.29. The molecule has 6 nitrogen and oxygen atoms in total. The molecule has 6 heteroatoms. The molecule has 1 aliphatic carbocycles. The number of hydrogen-bond donors (Lipinski definition) is 1. The van der Waals surface area contributed by atoms with Crippen molar-refractivity contribution in [3.8, 4) is 11.8 Å². The maximum atomic E-state index is 11.7. The van der Waals surface area contributed by atoms with Gasteiger partial charge >= 0.3 is 5.97 Å². The molecule has 1 saturated carbocycles. The first-order valence-corrected chi connectivity index (χ1v) is 7.97. The molecule has 1 aliphatic rings. The molecular formula is C18H22N2O4. The van der Waals surface area contributed by atoms with Crippen LogP contribution in [0.1, 0.15) is 49.7 Å². The third-order valence-electron chi connectivity index (χ3n) is 4.50. The zero-order chi connectivity index (χ0) is 17.7. The number of nitriles is 1. The fourth-order valence-electron chi connectivity index (χ4n) is 3.28. The summed E-state index contributed by atoms with van der Waals surface area (Å²) in [7, 11) is 2.99. The molecule has 1 aromatic rings. The van der Waals surface area contributed by atoms with Gasteiger partial charge in [-0.25, -0.2) is 0 Å². The Hall–Kier alpha value is -2.55. The Balaban J connectivity index is 2.26. The van der Waals surface area contributed by atoms with Crippen molar-refractivity contribution in [3.05, 3.63) is 23.3 Å². The molecule has 0 atom stereocenters. The minimum atomic E-state index is -0.236. The van der Waals surface area contributed by atoms with E-state index in [2.05, 4.69) is 11.4 Å². The van der Waals surface area contributed by atoms with E-state index in [4.69, 9.17) is 9.47 Å². The van der Waals surface area contributed by atoms with Crippen molar-refractivity contribution >= 4 is 17.6 Å². The third-order valence-corrected chi connectivity index (χ3v) is 4.50. The zero-order valence-electron chi connectivity index (χ0n) is 14.2. The van der Waals surface area contributed by atoms with E-state index in [0.717, 1.165) is 31.2 Å². The molecule has 1 amide bonds. The second-order valence-electron chi connectivity index (χ2n) is 6.00. The molecule has 0 saturated heterocycles. The lowest BCUT2D eigenvalue weighted by Crippen LogP contribution is -2.22. The van der Waals surface area contributed by atoms with Gasteiger partial charge < -0.3 is 14.8 Å². The second kappa shape index (κ2) is 7.82. The van der Waals surface area contributed by atoms with Crippen LogP contribution in [-0.4, -0.2) is 26.1 Å². The van der Waals surface area contributed by atoms with Gasteiger partial charge in [-0.3, -0.25) is 9.59 Å². The lowest BCUT2D eigenvalue weighted by molar-refractivity contribution is -0.146. The molecule has 1 N–H and O–H groups in total. The number of benzene rings is 1. The van der Waals surface area contributed by atoms with Crippen LogP contribution in [0.3, 0.4) is 0 Å². The molecular weight excluding hydrogens is 308 g/mol. The standard InChI is InChI=1S/C18H22N2O4/c1-11(21)20-16-9-17(23-2)15(8-14(16)10-19)12-4-6-13(7-5-12)18(22)24-3/h8-9,12-13H,4-7H2,1-3H3,(H,20,21)/t12-,13-. The Morgan fingerprint density at radius 2 is 1.88 bits per heavy atom. The molecule has 1 fully saturated rings. The summed E-state index contributed by atoms with van der Waals surface area (Å²) in [6, 6.07) is 5.60. The number of carbonyl (C=O) groups excluding carboxylic acids is 2. The Morgan fingerprint density at radius 1 is 1.21 bits per heavy atom. The van der Waals surface area contributed by atoms with Crippen LogP contribution in [0.4, 0.5) is 5.69 Å². The summed E-state index contributed by atoms with van der Waals surface area (Å²) in [5.41, 5.74) is 1.82. The molecule has 0 unspecified atom stereocenters. The molecule has 0 aliphatic heterocycles. The summed E-state index contributed by atoms with van der Waals surface area (Å²) >= 11 is 0. The van der Waals surface area contributed by atoms with Crippen molar-refractivity contribution < 1.29 is 19.1 Å². The maximum Gasteiger partial charge on any atom is 0.308 e. The minimum Gasteiger partial charge on any atom is -0.496 e.